The molecule has 3 amide bonds. The lowest BCUT2D eigenvalue weighted by Crippen LogP contribution is -2.58. The number of carbonyl (C=O) groups excluding carboxylic acids is 3. The number of benzene rings is 1. The van der Waals surface area contributed by atoms with Crippen LogP contribution in [0.5, 0.6) is 0 Å². The first kappa shape index (κ1) is 29.8. The number of carboxylic acid groups (broad SMARTS) is 1. The van der Waals surface area contributed by atoms with Gasteiger partial charge in [-0.25, -0.2) is 9.78 Å². The van der Waals surface area contributed by atoms with Crippen LogP contribution in [0, 0.1) is 5.92 Å². The van der Waals surface area contributed by atoms with Crippen molar-refractivity contribution in [2.24, 2.45) is 11.7 Å². The number of aromatic amines is 1. The summed E-state index contributed by atoms with van der Waals surface area (Å²) >= 11 is 1.49. The summed E-state index contributed by atoms with van der Waals surface area (Å²) < 4.78 is 0. The van der Waals surface area contributed by atoms with Crippen LogP contribution in [0.1, 0.15) is 31.5 Å². The van der Waals surface area contributed by atoms with E-state index < -0.39 is 47.9 Å². The zero-order valence-electron chi connectivity index (χ0n) is 21.3. The topological polar surface area (TPSA) is 179 Å². The normalized spacial score (nSPS) is 14.3. The van der Waals surface area contributed by atoms with Crippen LogP contribution in [-0.2, 0) is 32.0 Å². The molecule has 0 aliphatic heterocycles. The highest BCUT2D eigenvalue weighted by Crippen LogP contribution is 2.09. The van der Waals surface area contributed by atoms with Gasteiger partial charge in [0.15, 0.2) is 0 Å². The quantitative estimate of drug-likeness (QED) is 0.191. The fraction of sp³-hybridized carbons (Fsp3) is 0.480. The Morgan fingerprint density at radius 2 is 1.68 bits per heavy atom. The lowest BCUT2D eigenvalue weighted by molar-refractivity contribution is -0.142. The molecule has 37 heavy (non-hydrogen) atoms. The van der Waals surface area contributed by atoms with Crippen molar-refractivity contribution in [3.05, 3.63) is 54.1 Å². The second-order valence-corrected chi connectivity index (χ2v) is 10.0. The number of hydrogen-bond acceptors (Lipinski definition) is 7. The van der Waals surface area contributed by atoms with Gasteiger partial charge < -0.3 is 31.8 Å². The number of nitrogens with zero attached hydrogens (tertiary/aromatic N) is 1. The molecule has 202 valence electrons. The summed E-state index contributed by atoms with van der Waals surface area (Å²) in [4.78, 5) is 57.5. The van der Waals surface area contributed by atoms with E-state index in [1.165, 1.54) is 18.1 Å². The van der Waals surface area contributed by atoms with Crippen molar-refractivity contribution in [2.75, 3.05) is 12.0 Å². The fourth-order valence-corrected chi connectivity index (χ4v) is 4.08. The highest BCUT2D eigenvalue weighted by atomic mass is 32.2. The van der Waals surface area contributed by atoms with E-state index in [1.54, 1.807) is 44.3 Å². The average Bonchev–Trinajstić information content (AvgIpc) is 3.37. The van der Waals surface area contributed by atoms with Crippen LogP contribution in [0.25, 0.3) is 0 Å². The van der Waals surface area contributed by atoms with E-state index in [4.69, 9.17) is 5.73 Å². The molecule has 7 N–H and O–H groups in total. The first-order valence-electron chi connectivity index (χ1n) is 12.0. The van der Waals surface area contributed by atoms with Crippen LogP contribution >= 0.6 is 11.8 Å². The zero-order valence-corrected chi connectivity index (χ0v) is 22.1. The minimum atomic E-state index is -1.18. The van der Waals surface area contributed by atoms with Gasteiger partial charge in [-0.15, -0.1) is 0 Å². The molecule has 2 rings (SSSR count). The van der Waals surface area contributed by atoms with E-state index >= 15 is 0 Å². The minimum absolute atomic E-state index is 0.101. The number of rotatable bonds is 15. The summed E-state index contributed by atoms with van der Waals surface area (Å²) in [7, 11) is 0. The molecule has 1 aromatic heterocycles. The van der Waals surface area contributed by atoms with Crippen LogP contribution in [0.4, 0.5) is 0 Å². The van der Waals surface area contributed by atoms with Crippen molar-refractivity contribution in [3.8, 4) is 0 Å². The predicted molar refractivity (Wildman–Crippen MR) is 142 cm³/mol. The van der Waals surface area contributed by atoms with Crippen LogP contribution in [0.2, 0.25) is 0 Å². The summed E-state index contributed by atoms with van der Waals surface area (Å²) in [5.74, 6) is -2.57. The van der Waals surface area contributed by atoms with E-state index in [1.807, 2.05) is 12.3 Å². The Hall–Kier alpha value is -3.38. The van der Waals surface area contributed by atoms with E-state index in [0.29, 0.717) is 11.4 Å². The maximum atomic E-state index is 13.2. The van der Waals surface area contributed by atoms with E-state index in [2.05, 4.69) is 25.9 Å². The number of aromatic nitrogens is 2. The van der Waals surface area contributed by atoms with Crippen molar-refractivity contribution in [3.63, 3.8) is 0 Å². The highest BCUT2D eigenvalue weighted by Gasteiger charge is 2.31. The smallest absolute Gasteiger partial charge is 0.326 e. The third-order valence-electron chi connectivity index (χ3n) is 5.72. The predicted octanol–water partition coefficient (Wildman–Crippen LogP) is 0.470. The molecule has 4 atom stereocenters. The van der Waals surface area contributed by atoms with E-state index in [9.17, 15) is 24.3 Å². The lowest BCUT2D eigenvalue weighted by atomic mass is 10.0. The molecule has 0 aliphatic carbocycles. The van der Waals surface area contributed by atoms with Crippen LogP contribution < -0.4 is 21.7 Å². The van der Waals surface area contributed by atoms with Gasteiger partial charge in [0.05, 0.1) is 12.4 Å². The molecule has 4 unspecified atom stereocenters. The third kappa shape index (κ3) is 9.89. The maximum Gasteiger partial charge on any atom is 0.326 e. The van der Waals surface area contributed by atoms with Gasteiger partial charge in [0.25, 0.3) is 0 Å². The Morgan fingerprint density at radius 1 is 1.00 bits per heavy atom. The third-order valence-corrected chi connectivity index (χ3v) is 6.36. The maximum absolute atomic E-state index is 13.2. The number of thioether (sulfide) groups is 1. The van der Waals surface area contributed by atoms with Crippen molar-refractivity contribution in [1.29, 1.82) is 0 Å². The summed E-state index contributed by atoms with van der Waals surface area (Å²) in [6.45, 7) is 3.53. The largest absolute Gasteiger partial charge is 0.480 e. The van der Waals surface area contributed by atoms with E-state index in [0.717, 1.165) is 5.56 Å². The molecule has 0 saturated heterocycles. The molecule has 1 heterocycles. The van der Waals surface area contributed by atoms with Crippen LogP contribution in [0.3, 0.4) is 0 Å². The number of carboxylic acids is 1. The Labute approximate surface area is 220 Å². The second kappa shape index (κ2) is 15.0. The Bertz CT molecular complexity index is 1020. The minimum Gasteiger partial charge on any atom is -0.480 e. The molecule has 0 bridgehead atoms. The molecule has 12 heteroatoms. The lowest BCUT2D eigenvalue weighted by Gasteiger charge is -2.27. The number of aliphatic carboxylic acids is 1. The Morgan fingerprint density at radius 3 is 2.24 bits per heavy atom. The van der Waals surface area contributed by atoms with Gasteiger partial charge in [0, 0.05) is 24.7 Å². The molecule has 0 spiro atoms. The molecule has 0 radical (unpaired) electrons. The Balaban J connectivity index is 2.07. The fourth-order valence-electron chi connectivity index (χ4n) is 3.61. The summed E-state index contributed by atoms with van der Waals surface area (Å²) in [6.07, 6.45) is 5.52. The first-order chi connectivity index (χ1) is 17.6. The van der Waals surface area contributed by atoms with Gasteiger partial charge in [-0.2, -0.15) is 11.8 Å². The molecule has 1 aromatic carbocycles. The van der Waals surface area contributed by atoms with Crippen molar-refractivity contribution >= 4 is 35.5 Å². The number of H-pyrrole nitrogens is 1. The van der Waals surface area contributed by atoms with Crippen molar-refractivity contribution in [2.45, 2.75) is 57.3 Å². The first-order valence-corrected chi connectivity index (χ1v) is 13.4. The van der Waals surface area contributed by atoms with Crippen molar-refractivity contribution < 1.29 is 24.3 Å². The SMILES string of the molecule is CSCCC(NC(=O)C(NC(=O)C(N)Cc1cnc[nH]1)C(C)C)C(=O)NC(Cc1ccccc1)C(=O)O. The molecule has 0 saturated carbocycles. The molecular formula is C25H36N6O5S. The molecule has 0 aliphatic rings. The van der Waals surface area contributed by atoms with Gasteiger partial charge in [-0.1, -0.05) is 44.2 Å². The molecule has 0 fully saturated rings. The van der Waals surface area contributed by atoms with Gasteiger partial charge in [-0.05, 0) is 29.9 Å². The summed E-state index contributed by atoms with van der Waals surface area (Å²) in [6, 6.07) is 4.98. The summed E-state index contributed by atoms with van der Waals surface area (Å²) in [5.41, 5.74) is 7.45. The molecule has 2 aromatic rings. The van der Waals surface area contributed by atoms with Gasteiger partial charge >= 0.3 is 5.97 Å². The van der Waals surface area contributed by atoms with Gasteiger partial charge in [0.2, 0.25) is 17.7 Å². The second-order valence-electron chi connectivity index (χ2n) is 9.05. The summed E-state index contributed by atoms with van der Waals surface area (Å²) in [5, 5.41) is 17.6. The number of nitrogens with two attached hydrogens (primary N) is 1. The molecule has 11 nitrogen and oxygen atoms in total. The van der Waals surface area contributed by atoms with Crippen LogP contribution in [0.15, 0.2) is 42.9 Å². The Kier molecular flexibility index (Phi) is 12.1. The average molecular weight is 533 g/mol. The highest BCUT2D eigenvalue weighted by molar-refractivity contribution is 7.98. The van der Waals surface area contributed by atoms with Crippen molar-refractivity contribution in [1.82, 2.24) is 25.9 Å². The standard InChI is InChI=1S/C25H36N6O5S/c1-15(2)21(31-22(32)18(26)12-17-13-27-14-28-17)24(34)29-19(9-10-37-3)23(33)30-20(25(35)36)11-16-7-5-4-6-8-16/h4-8,13-15,18-21H,9-12,26H2,1-3H3,(H,27,28)(H,29,34)(H,30,33)(H,31,32)(H,35,36). The number of hydrogen-bond donors (Lipinski definition) is 6. The van der Waals surface area contributed by atoms with E-state index in [-0.39, 0.29) is 25.2 Å². The number of nitrogens with one attached hydrogen (secondary N) is 4. The monoisotopic (exact) mass is 532 g/mol. The number of amides is 3. The zero-order chi connectivity index (χ0) is 27.4. The number of carbonyl (C=O) groups is 4. The molecular weight excluding hydrogens is 496 g/mol. The van der Waals surface area contributed by atoms with Gasteiger partial charge in [-0.3, -0.25) is 14.4 Å². The van der Waals surface area contributed by atoms with Crippen LogP contribution in [-0.4, -0.2) is 74.9 Å². The van der Waals surface area contributed by atoms with Gasteiger partial charge in [0.1, 0.15) is 18.1 Å². The number of imidazole rings is 1.